The Morgan fingerprint density at radius 2 is 2.05 bits per heavy atom. The van der Waals surface area contributed by atoms with Crippen LogP contribution in [0, 0.1) is 6.92 Å². The molecule has 0 aliphatic rings. The molecule has 0 unspecified atom stereocenters. The Hall–Kier alpha value is -2.28. The largest absolute Gasteiger partial charge is 0.495 e. The van der Waals surface area contributed by atoms with Crippen molar-refractivity contribution >= 4 is 21.4 Å². The van der Waals surface area contributed by atoms with E-state index >= 15 is 0 Å². The number of nitrogens with one attached hydrogen (secondary N) is 1. The molecule has 1 aromatic carbocycles. The number of ether oxygens (including phenoxy) is 1. The highest BCUT2D eigenvalue weighted by molar-refractivity contribution is 7.92. The van der Waals surface area contributed by atoms with Gasteiger partial charge in [-0.3, -0.25) is 9.71 Å². The van der Waals surface area contributed by atoms with Gasteiger partial charge in [-0.25, -0.2) is 8.42 Å². The molecule has 7 heteroatoms. The Balaban J connectivity index is 2.38. The first-order valence-corrected chi connectivity index (χ1v) is 7.30. The van der Waals surface area contributed by atoms with Crippen LogP contribution < -0.4 is 15.2 Å². The van der Waals surface area contributed by atoms with Gasteiger partial charge >= 0.3 is 0 Å². The number of nitrogen functional groups attached to an aromatic ring is 1. The van der Waals surface area contributed by atoms with Crippen molar-refractivity contribution in [3.8, 4) is 5.75 Å². The second kappa shape index (κ2) is 5.38. The monoisotopic (exact) mass is 293 g/mol. The van der Waals surface area contributed by atoms with Crippen LogP contribution in [-0.2, 0) is 10.0 Å². The summed E-state index contributed by atoms with van der Waals surface area (Å²) in [7, 11) is -2.28. The zero-order valence-corrected chi connectivity index (χ0v) is 11.9. The number of hydrogen-bond acceptors (Lipinski definition) is 5. The summed E-state index contributed by atoms with van der Waals surface area (Å²) in [6, 6.07) is 7.60. The summed E-state index contributed by atoms with van der Waals surface area (Å²) in [6.45, 7) is 1.72. The molecule has 106 valence electrons. The highest BCUT2D eigenvalue weighted by atomic mass is 32.2. The van der Waals surface area contributed by atoms with Gasteiger partial charge in [-0.2, -0.15) is 0 Å². The van der Waals surface area contributed by atoms with Crippen LogP contribution in [0.25, 0.3) is 0 Å². The summed E-state index contributed by atoms with van der Waals surface area (Å²) in [5.74, 6) is 0.316. The van der Waals surface area contributed by atoms with Crippen molar-refractivity contribution in [1.82, 2.24) is 4.98 Å². The zero-order chi connectivity index (χ0) is 14.8. The Morgan fingerprint density at radius 3 is 2.70 bits per heavy atom. The smallest absolute Gasteiger partial charge is 0.262 e. The molecule has 2 rings (SSSR count). The molecule has 0 aliphatic carbocycles. The SMILES string of the molecule is COc1cc(S(=O)(=O)Nc2cccnc2C)ccc1N. The fraction of sp³-hybridized carbons (Fsp3) is 0.154. The average molecular weight is 293 g/mol. The van der Waals surface area contributed by atoms with Crippen LogP contribution in [0.4, 0.5) is 11.4 Å². The molecule has 1 aromatic heterocycles. The van der Waals surface area contributed by atoms with Crippen molar-refractivity contribution in [3.05, 3.63) is 42.2 Å². The van der Waals surface area contributed by atoms with Crippen LogP contribution in [-0.4, -0.2) is 20.5 Å². The summed E-state index contributed by atoms with van der Waals surface area (Å²) < 4.78 is 32.1. The summed E-state index contributed by atoms with van der Waals surface area (Å²) in [5, 5.41) is 0. The van der Waals surface area contributed by atoms with Gasteiger partial charge in [0.05, 0.1) is 29.1 Å². The number of aryl methyl sites for hydroxylation is 1. The summed E-state index contributed by atoms with van der Waals surface area (Å²) in [6.07, 6.45) is 1.60. The van der Waals surface area contributed by atoms with E-state index in [1.807, 2.05) is 0 Å². The van der Waals surface area contributed by atoms with Crippen molar-refractivity contribution in [2.75, 3.05) is 17.6 Å². The molecule has 0 aliphatic heterocycles. The summed E-state index contributed by atoms with van der Waals surface area (Å²) >= 11 is 0. The standard InChI is InChI=1S/C13H15N3O3S/c1-9-12(4-3-7-15-9)16-20(17,18)10-5-6-11(14)13(8-10)19-2/h3-8,16H,14H2,1-2H3. The van der Waals surface area contributed by atoms with Gasteiger partial charge in [0.25, 0.3) is 10.0 Å². The molecule has 0 amide bonds. The third-order valence-electron chi connectivity index (χ3n) is 2.77. The maximum atomic E-state index is 12.3. The Kier molecular flexibility index (Phi) is 3.80. The van der Waals surface area contributed by atoms with Crippen LogP contribution in [0.15, 0.2) is 41.4 Å². The van der Waals surface area contributed by atoms with E-state index < -0.39 is 10.0 Å². The number of nitrogens with two attached hydrogens (primary N) is 1. The number of nitrogens with zero attached hydrogens (tertiary/aromatic N) is 1. The van der Waals surface area contributed by atoms with E-state index in [9.17, 15) is 8.42 Å². The molecule has 0 radical (unpaired) electrons. The van der Waals surface area contributed by atoms with Gasteiger partial charge < -0.3 is 10.5 Å². The molecular formula is C13H15N3O3S. The van der Waals surface area contributed by atoms with Gasteiger partial charge in [0.2, 0.25) is 0 Å². The maximum absolute atomic E-state index is 12.3. The molecule has 0 fully saturated rings. The quantitative estimate of drug-likeness (QED) is 0.838. The summed E-state index contributed by atoms with van der Waals surface area (Å²) in [4.78, 5) is 4.11. The van der Waals surface area contributed by atoms with Gasteiger partial charge in [-0.1, -0.05) is 0 Å². The number of methoxy groups -OCH3 is 1. The first kappa shape index (κ1) is 14.1. The van der Waals surface area contributed by atoms with E-state index in [0.717, 1.165) is 0 Å². The van der Waals surface area contributed by atoms with Crippen LogP contribution in [0.2, 0.25) is 0 Å². The molecule has 1 heterocycles. The second-order valence-electron chi connectivity index (χ2n) is 4.15. The lowest BCUT2D eigenvalue weighted by Crippen LogP contribution is -2.14. The van der Waals surface area contributed by atoms with Crippen molar-refractivity contribution in [3.63, 3.8) is 0 Å². The van der Waals surface area contributed by atoms with E-state index in [1.54, 1.807) is 25.3 Å². The van der Waals surface area contributed by atoms with Crippen LogP contribution in [0.1, 0.15) is 5.69 Å². The van der Waals surface area contributed by atoms with E-state index in [1.165, 1.54) is 25.3 Å². The van der Waals surface area contributed by atoms with Crippen molar-refractivity contribution in [2.45, 2.75) is 11.8 Å². The minimum absolute atomic E-state index is 0.0757. The second-order valence-corrected chi connectivity index (χ2v) is 5.83. The summed E-state index contributed by atoms with van der Waals surface area (Å²) in [5.41, 5.74) is 7.08. The number of benzene rings is 1. The predicted octanol–water partition coefficient (Wildman–Crippen LogP) is 1.78. The molecular weight excluding hydrogens is 278 g/mol. The zero-order valence-electron chi connectivity index (χ0n) is 11.1. The Morgan fingerprint density at radius 1 is 1.30 bits per heavy atom. The first-order chi connectivity index (χ1) is 9.44. The lowest BCUT2D eigenvalue weighted by atomic mass is 10.3. The lowest BCUT2D eigenvalue weighted by Gasteiger charge is -2.11. The van der Waals surface area contributed by atoms with E-state index in [4.69, 9.17) is 10.5 Å². The Labute approximate surface area is 117 Å². The normalized spacial score (nSPS) is 11.1. The lowest BCUT2D eigenvalue weighted by molar-refractivity contribution is 0.415. The number of pyridine rings is 1. The van der Waals surface area contributed by atoms with Gasteiger partial charge in [-0.15, -0.1) is 0 Å². The van der Waals surface area contributed by atoms with Crippen molar-refractivity contribution < 1.29 is 13.2 Å². The van der Waals surface area contributed by atoms with E-state index in [-0.39, 0.29) is 4.90 Å². The minimum Gasteiger partial charge on any atom is -0.495 e. The highest BCUT2D eigenvalue weighted by Gasteiger charge is 2.17. The van der Waals surface area contributed by atoms with Crippen molar-refractivity contribution in [1.29, 1.82) is 0 Å². The van der Waals surface area contributed by atoms with Gasteiger partial charge in [0.1, 0.15) is 5.75 Å². The first-order valence-electron chi connectivity index (χ1n) is 5.82. The van der Waals surface area contributed by atoms with Gasteiger partial charge in [0.15, 0.2) is 0 Å². The van der Waals surface area contributed by atoms with Crippen LogP contribution in [0.3, 0.4) is 0 Å². The van der Waals surface area contributed by atoms with Crippen LogP contribution >= 0.6 is 0 Å². The molecule has 0 saturated carbocycles. The Bertz CT molecular complexity index is 729. The van der Waals surface area contributed by atoms with Gasteiger partial charge in [-0.05, 0) is 31.2 Å². The average Bonchev–Trinajstić information content (AvgIpc) is 2.41. The fourth-order valence-corrected chi connectivity index (χ4v) is 2.79. The van der Waals surface area contributed by atoms with E-state index in [2.05, 4.69) is 9.71 Å². The molecule has 0 atom stereocenters. The minimum atomic E-state index is -3.71. The molecule has 20 heavy (non-hydrogen) atoms. The number of anilines is 2. The van der Waals surface area contributed by atoms with Crippen LogP contribution in [0.5, 0.6) is 5.75 Å². The number of aromatic nitrogens is 1. The third kappa shape index (κ3) is 2.83. The molecule has 0 spiro atoms. The molecule has 2 aromatic rings. The topological polar surface area (TPSA) is 94.3 Å². The fourth-order valence-electron chi connectivity index (χ4n) is 1.65. The van der Waals surface area contributed by atoms with Crippen molar-refractivity contribution in [2.24, 2.45) is 0 Å². The predicted molar refractivity (Wildman–Crippen MR) is 77.2 cm³/mol. The van der Waals surface area contributed by atoms with Gasteiger partial charge in [0, 0.05) is 12.3 Å². The third-order valence-corrected chi connectivity index (χ3v) is 4.13. The maximum Gasteiger partial charge on any atom is 0.262 e. The molecule has 6 nitrogen and oxygen atoms in total. The van der Waals surface area contributed by atoms with E-state index in [0.29, 0.717) is 22.8 Å². The number of sulfonamides is 1. The molecule has 0 bridgehead atoms. The highest BCUT2D eigenvalue weighted by Crippen LogP contribution is 2.26. The number of hydrogen-bond donors (Lipinski definition) is 2. The number of rotatable bonds is 4. The molecule has 3 N–H and O–H groups in total. The molecule has 0 saturated heterocycles.